The van der Waals surface area contributed by atoms with E-state index in [4.69, 9.17) is 16.3 Å². The Morgan fingerprint density at radius 3 is 2.63 bits per heavy atom. The van der Waals surface area contributed by atoms with Gasteiger partial charge in [0.05, 0.1) is 18.1 Å². The summed E-state index contributed by atoms with van der Waals surface area (Å²) < 4.78 is 4.98. The number of phenolic OH excluding ortho intramolecular Hbond substituents is 1. The SMILES string of the molecule is COc1cc(CNCCCC(=O)Nc2ccc(Cl)cc2)c([N+](=O)[O-])cc1O. The maximum absolute atomic E-state index is 11.9. The minimum absolute atomic E-state index is 0.128. The van der Waals surface area contributed by atoms with Gasteiger partial charge in [0.25, 0.3) is 5.69 Å². The highest BCUT2D eigenvalue weighted by Crippen LogP contribution is 2.33. The second-order valence-corrected chi connectivity index (χ2v) is 6.18. The summed E-state index contributed by atoms with van der Waals surface area (Å²) in [5.74, 6) is -0.247. The highest BCUT2D eigenvalue weighted by molar-refractivity contribution is 6.30. The molecule has 3 N–H and O–H groups in total. The lowest BCUT2D eigenvalue weighted by atomic mass is 10.1. The molecule has 9 heteroatoms. The number of aromatic hydroxyl groups is 1. The summed E-state index contributed by atoms with van der Waals surface area (Å²) in [5.41, 5.74) is 0.866. The minimum Gasteiger partial charge on any atom is -0.504 e. The lowest BCUT2D eigenvalue weighted by Crippen LogP contribution is -2.18. The van der Waals surface area contributed by atoms with E-state index < -0.39 is 4.92 Å². The molecule has 2 aromatic rings. The third-order valence-electron chi connectivity index (χ3n) is 3.78. The molecular formula is C18H20ClN3O5. The first-order chi connectivity index (χ1) is 12.9. The number of carbonyl (C=O) groups is 1. The lowest BCUT2D eigenvalue weighted by Gasteiger charge is -2.09. The predicted molar refractivity (Wildman–Crippen MR) is 102 cm³/mol. The van der Waals surface area contributed by atoms with Crippen molar-refractivity contribution in [3.05, 3.63) is 57.1 Å². The zero-order valence-corrected chi connectivity index (χ0v) is 15.5. The second kappa shape index (κ2) is 9.75. The van der Waals surface area contributed by atoms with Gasteiger partial charge in [0, 0.05) is 29.2 Å². The number of anilines is 1. The molecule has 0 heterocycles. The van der Waals surface area contributed by atoms with E-state index in [1.54, 1.807) is 24.3 Å². The average molecular weight is 394 g/mol. The summed E-state index contributed by atoms with van der Waals surface area (Å²) in [5, 5.41) is 27.2. The number of nitro groups is 1. The number of amides is 1. The quantitative estimate of drug-likeness (QED) is 0.341. The van der Waals surface area contributed by atoms with Crippen molar-refractivity contribution in [2.75, 3.05) is 19.0 Å². The van der Waals surface area contributed by atoms with E-state index in [2.05, 4.69) is 10.6 Å². The molecule has 0 unspecified atom stereocenters. The molecule has 0 bridgehead atoms. The largest absolute Gasteiger partial charge is 0.504 e. The molecule has 0 radical (unpaired) electrons. The average Bonchev–Trinajstić information content (AvgIpc) is 2.64. The van der Waals surface area contributed by atoms with Crippen LogP contribution in [-0.4, -0.2) is 29.6 Å². The molecule has 144 valence electrons. The Morgan fingerprint density at radius 1 is 1.30 bits per heavy atom. The molecule has 0 saturated carbocycles. The van der Waals surface area contributed by atoms with Gasteiger partial charge in [0.15, 0.2) is 11.5 Å². The van der Waals surface area contributed by atoms with Crippen molar-refractivity contribution >= 4 is 28.9 Å². The molecule has 27 heavy (non-hydrogen) atoms. The first-order valence-corrected chi connectivity index (χ1v) is 8.59. The normalized spacial score (nSPS) is 10.4. The van der Waals surface area contributed by atoms with Crippen LogP contribution in [0.25, 0.3) is 0 Å². The fourth-order valence-corrected chi connectivity index (χ4v) is 2.55. The van der Waals surface area contributed by atoms with Crippen molar-refractivity contribution in [2.24, 2.45) is 0 Å². The molecule has 2 rings (SSSR count). The van der Waals surface area contributed by atoms with Crippen LogP contribution in [0, 0.1) is 10.1 Å². The topological polar surface area (TPSA) is 114 Å². The number of carbonyl (C=O) groups excluding carboxylic acids is 1. The van der Waals surface area contributed by atoms with Gasteiger partial charge in [-0.25, -0.2) is 0 Å². The van der Waals surface area contributed by atoms with Crippen molar-refractivity contribution in [2.45, 2.75) is 19.4 Å². The molecule has 0 atom stereocenters. The summed E-state index contributed by atoms with van der Waals surface area (Å²) in [6.07, 6.45) is 0.860. The van der Waals surface area contributed by atoms with Gasteiger partial charge >= 0.3 is 0 Å². The van der Waals surface area contributed by atoms with Crippen LogP contribution in [0.5, 0.6) is 11.5 Å². The van der Waals surface area contributed by atoms with Crippen LogP contribution < -0.4 is 15.4 Å². The highest BCUT2D eigenvalue weighted by Gasteiger charge is 2.18. The molecule has 0 aliphatic rings. The van der Waals surface area contributed by atoms with Gasteiger partial charge in [-0.1, -0.05) is 11.6 Å². The van der Waals surface area contributed by atoms with E-state index in [1.165, 1.54) is 13.2 Å². The van der Waals surface area contributed by atoms with Crippen molar-refractivity contribution in [3.8, 4) is 11.5 Å². The zero-order chi connectivity index (χ0) is 19.8. The van der Waals surface area contributed by atoms with E-state index in [0.717, 1.165) is 6.07 Å². The number of rotatable bonds is 9. The number of nitro benzene ring substituents is 1. The van der Waals surface area contributed by atoms with Gasteiger partial charge in [-0.2, -0.15) is 0 Å². The van der Waals surface area contributed by atoms with E-state index in [1.807, 2.05) is 0 Å². The number of methoxy groups -OCH3 is 1. The minimum atomic E-state index is -0.560. The molecule has 1 amide bonds. The van der Waals surface area contributed by atoms with E-state index in [-0.39, 0.29) is 29.6 Å². The van der Waals surface area contributed by atoms with Gasteiger partial charge in [-0.15, -0.1) is 0 Å². The Bertz CT molecular complexity index is 811. The molecule has 0 aromatic heterocycles. The van der Waals surface area contributed by atoms with Crippen LogP contribution >= 0.6 is 11.6 Å². The summed E-state index contributed by atoms with van der Waals surface area (Å²) in [7, 11) is 1.37. The molecule has 2 aromatic carbocycles. The maximum Gasteiger partial charge on any atom is 0.277 e. The molecule has 0 aliphatic heterocycles. The molecule has 0 spiro atoms. The number of nitrogens with zero attached hydrogens (tertiary/aromatic N) is 1. The maximum atomic E-state index is 11.9. The Balaban J connectivity index is 1.80. The summed E-state index contributed by atoms with van der Waals surface area (Å²) in [6.45, 7) is 0.708. The molecular weight excluding hydrogens is 374 g/mol. The summed E-state index contributed by atoms with van der Waals surface area (Å²) in [4.78, 5) is 22.4. The van der Waals surface area contributed by atoms with Gasteiger partial charge in [-0.3, -0.25) is 14.9 Å². The Labute approximate surface area is 161 Å². The number of ether oxygens (including phenoxy) is 1. The molecule has 0 aliphatic carbocycles. The fraction of sp³-hybridized carbons (Fsp3) is 0.278. The number of halogens is 1. The van der Waals surface area contributed by atoms with E-state index in [0.29, 0.717) is 35.7 Å². The Morgan fingerprint density at radius 2 is 2.00 bits per heavy atom. The Hall–Kier alpha value is -2.84. The number of nitrogens with one attached hydrogen (secondary N) is 2. The fourth-order valence-electron chi connectivity index (χ4n) is 2.43. The summed E-state index contributed by atoms with van der Waals surface area (Å²) >= 11 is 5.79. The zero-order valence-electron chi connectivity index (χ0n) is 14.7. The third-order valence-corrected chi connectivity index (χ3v) is 4.03. The highest BCUT2D eigenvalue weighted by atomic mass is 35.5. The van der Waals surface area contributed by atoms with E-state index >= 15 is 0 Å². The standard InChI is InChI=1S/C18H20ClN3O5/c1-27-17-9-12(15(22(25)26)10-16(17)23)11-20-8-2-3-18(24)21-14-6-4-13(19)5-7-14/h4-7,9-10,20,23H,2-3,8,11H2,1H3,(H,21,24). The number of benzene rings is 2. The molecule has 0 saturated heterocycles. The van der Waals surface area contributed by atoms with Crippen LogP contribution in [0.2, 0.25) is 5.02 Å². The van der Waals surface area contributed by atoms with Crippen LogP contribution in [0.15, 0.2) is 36.4 Å². The first-order valence-electron chi connectivity index (χ1n) is 8.21. The predicted octanol–water partition coefficient (Wildman–Crippen LogP) is 3.47. The van der Waals surface area contributed by atoms with Gasteiger partial charge < -0.3 is 20.5 Å². The van der Waals surface area contributed by atoms with Crippen molar-refractivity contribution in [1.29, 1.82) is 0 Å². The van der Waals surface area contributed by atoms with Gasteiger partial charge in [0.2, 0.25) is 5.91 Å². The summed E-state index contributed by atoms with van der Waals surface area (Å²) in [6, 6.07) is 9.31. The second-order valence-electron chi connectivity index (χ2n) is 5.75. The molecule has 8 nitrogen and oxygen atoms in total. The number of hydrogen-bond acceptors (Lipinski definition) is 6. The van der Waals surface area contributed by atoms with Crippen LogP contribution in [0.1, 0.15) is 18.4 Å². The molecule has 0 fully saturated rings. The number of hydrogen-bond donors (Lipinski definition) is 3. The smallest absolute Gasteiger partial charge is 0.277 e. The lowest BCUT2D eigenvalue weighted by molar-refractivity contribution is -0.385. The first kappa shape index (κ1) is 20.5. The van der Waals surface area contributed by atoms with E-state index in [9.17, 15) is 20.0 Å². The Kier molecular flexibility index (Phi) is 7.39. The van der Waals surface area contributed by atoms with Gasteiger partial charge in [0.1, 0.15) is 0 Å². The van der Waals surface area contributed by atoms with Crippen LogP contribution in [0.4, 0.5) is 11.4 Å². The van der Waals surface area contributed by atoms with Crippen molar-refractivity contribution < 1.29 is 19.6 Å². The van der Waals surface area contributed by atoms with Crippen LogP contribution in [0.3, 0.4) is 0 Å². The van der Waals surface area contributed by atoms with Crippen LogP contribution in [-0.2, 0) is 11.3 Å². The van der Waals surface area contributed by atoms with Crippen molar-refractivity contribution in [3.63, 3.8) is 0 Å². The number of phenols is 1. The van der Waals surface area contributed by atoms with Crippen molar-refractivity contribution in [1.82, 2.24) is 5.32 Å². The van der Waals surface area contributed by atoms with Gasteiger partial charge in [-0.05, 0) is 43.3 Å². The monoisotopic (exact) mass is 393 g/mol. The third kappa shape index (κ3) is 6.12.